The first-order valence-corrected chi connectivity index (χ1v) is 7.01. The summed E-state index contributed by atoms with van der Waals surface area (Å²) in [6, 6.07) is 5.93. The summed E-state index contributed by atoms with van der Waals surface area (Å²) in [7, 11) is 0. The van der Waals surface area contributed by atoms with E-state index in [-0.39, 0.29) is 6.10 Å². The van der Waals surface area contributed by atoms with Crippen molar-refractivity contribution in [3.05, 3.63) is 29.5 Å². The molecule has 1 heterocycles. The number of anilines is 1. The van der Waals surface area contributed by atoms with Gasteiger partial charge in [0.2, 0.25) is 0 Å². The van der Waals surface area contributed by atoms with E-state index in [2.05, 4.69) is 24.3 Å². The van der Waals surface area contributed by atoms with Crippen LogP contribution in [0.25, 0.3) is 10.9 Å². The molecular weight excluding hydrogens is 250 g/mol. The molecule has 108 valence electrons. The number of nitrogens with one attached hydrogen (secondary N) is 1. The molecule has 0 aliphatic carbocycles. The molecule has 0 aliphatic rings. The molecule has 0 saturated heterocycles. The fourth-order valence-electron chi connectivity index (χ4n) is 2.59. The largest absolute Gasteiger partial charge is 0.491 e. The third-order valence-corrected chi connectivity index (χ3v) is 3.28. The zero-order valence-electron chi connectivity index (χ0n) is 12.8. The number of hydrogen-bond acceptors (Lipinski definition) is 4. The van der Waals surface area contributed by atoms with Crippen molar-refractivity contribution < 1.29 is 4.74 Å². The Hall–Kier alpha value is -1.81. The molecule has 2 rings (SSSR count). The first-order valence-electron chi connectivity index (χ1n) is 7.01. The third kappa shape index (κ3) is 2.70. The number of hydrogen-bond donors (Lipinski definition) is 2. The number of rotatable bonds is 4. The first kappa shape index (κ1) is 14.6. The number of hydrazine groups is 1. The summed E-state index contributed by atoms with van der Waals surface area (Å²) in [5.74, 6) is 6.95. The molecule has 0 aliphatic heterocycles. The van der Waals surface area contributed by atoms with Crippen LogP contribution >= 0.6 is 0 Å². The average molecular weight is 273 g/mol. The maximum atomic E-state index is 5.76. The maximum Gasteiger partial charge on any atom is 0.120 e. The minimum atomic E-state index is 0.143. The van der Waals surface area contributed by atoms with E-state index in [0.717, 1.165) is 33.6 Å². The van der Waals surface area contributed by atoms with Gasteiger partial charge in [0, 0.05) is 16.6 Å². The summed E-state index contributed by atoms with van der Waals surface area (Å²) >= 11 is 0. The third-order valence-electron chi connectivity index (χ3n) is 3.28. The quantitative estimate of drug-likeness (QED) is 0.658. The van der Waals surface area contributed by atoms with Crippen LogP contribution in [-0.4, -0.2) is 11.1 Å². The second kappa shape index (κ2) is 5.67. The Morgan fingerprint density at radius 1 is 1.20 bits per heavy atom. The van der Waals surface area contributed by atoms with Crippen LogP contribution in [0.3, 0.4) is 0 Å². The van der Waals surface area contributed by atoms with Gasteiger partial charge in [0.25, 0.3) is 0 Å². The van der Waals surface area contributed by atoms with E-state index in [0.29, 0.717) is 5.92 Å². The average Bonchev–Trinajstić information content (AvgIpc) is 2.36. The smallest absolute Gasteiger partial charge is 0.120 e. The molecule has 20 heavy (non-hydrogen) atoms. The van der Waals surface area contributed by atoms with Crippen LogP contribution in [-0.2, 0) is 0 Å². The Morgan fingerprint density at radius 3 is 2.45 bits per heavy atom. The number of fused-ring (bicyclic) bond motifs is 1. The van der Waals surface area contributed by atoms with Crippen LogP contribution in [0.4, 0.5) is 5.69 Å². The Kier molecular flexibility index (Phi) is 4.14. The fourth-order valence-corrected chi connectivity index (χ4v) is 2.59. The van der Waals surface area contributed by atoms with Gasteiger partial charge in [-0.25, -0.2) is 0 Å². The molecule has 2 aromatic rings. The zero-order chi connectivity index (χ0) is 14.9. The lowest BCUT2D eigenvalue weighted by Gasteiger charge is -2.18. The van der Waals surface area contributed by atoms with Crippen LogP contribution in [0.5, 0.6) is 5.75 Å². The van der Waals surface area contributed by atoms with Crippen molar-refractivity contribution in [3.63, 3.8) is 0 Å². The van der Waals surface area contributed by atoms with Crippen molar-refractivity contribution in [3.8, 4) is 5.75 Å². The SMILES string of the molecule is Cc1nc2ccc(OC(C)C)cc2c(NN)c1C(C)C. The van der Waals surface area contributed by atoms with Crippen molar-refractivity contribution in [2.45, 2.75) is 46.6 Å². The molecule has 0 radical (unpaired) electrons. The second-order valence-corrected chi connectivity index (χ2v) is 5.63. The number of benzene rings is 1. The lowest BCUT2D eigenvalue weighted by atomic mass is 9.97. The molecule has 1 aromatic carbocycles. The van der Waals surface area contributed by atoms with Crippen LogP contribution in [0.2, 0.25) is 0 Å². The molecule has 4 heteroatoms. The molecular formula is C16H23N3O. The van der Waals surface area contributed by atoms with Crippen molar-refractivity contribution in [2.24, 2.45) is 5.84 Å². The predicted molar refractivity (Wildman–Crippen MR) is 84.1 cm³/mol. The highest BCUT2D eigenvalue weighted by molar-refractivity contribution is 5.94. The van der Waals surface area contributed by atoms with Gasteiger partial charge in [0.1, 0.15) is 5.75 Å². The number of nitrogens with zero attached hydrogens (tertiary/aromatic N) is 1. The highest BCUT2D eigenvalue weighted by Gasteiger charge is 2.15. The monoisotopic (exact) mass is 273 g/mol. The summed E-state index contributed by atoms with van der Waals surface area (Å²) in [5.41, 5.74) is 6.88. The molecule has 4 nitrogen and oxygen atoms in total. The van der Waals surface area contributed by atoms with Crippen molar-refractivity contribution in [1.29, 1.82) is 0 Å². The van der Waals surface area contributed by atoms with E-state index < -0.39 is 0 Å². The highest BCUT2D eigenvalue weighted by Crippen LogP contribution is 2.34. The van der Waals surface area contributed by atoms with Crippen molar-refractivity contribution in [2.75, 3.05) is 5.43 Å². The second-order valence-electron chi connectivity index (χ2n) is 5.63. The van der Waals surface area contributed by atoms with Crippen LogP contribution in [0.15, 0.2) is 18.2 Å². The lowest BCUT2D eigenvalue weighted by Crippen LogP contribution is -2.13. The maximum absolute atomic E-state index is 5.76. The number of pyridine rings is 1. The standard InChI is InChI=1S/C16H23N3O/c1-9(2)15-11(5)18-14-7-6-12(20-10(3)4)8-13(14)16(15)19-17/h6-10H,17H2,1-5H3,(H,18,19). The van der Waals surface area contributed by atoms with Gasteiger partial charge in [-0.05, 0) is 44.9 Å². The van der Waals surface area contributed by atoms with Crippen molar-refractivity contribution >= 4 is 16.6 Å². The van der Waals surface area contributed by atoms with Crippen LogP contribution < -0.4 is 16.0 Å². The van der Waals surface area contributed by atoms with E-state index in [1.165, 1.54) is 0 Å². The van der Waals surface area contributed by atoms with Gasteiger partial charge >= 0.3 is 0 Å². The highest BCUT2D eigenvalue weighted by atomic mass is 16.5. The van der Waals surface area contributed by atoms with Crippen molar-refractivity contribution in [1.82, 2.24) is 4.98 Å². The molecule has 0 spiro atoms. The lowest BCUT2D eigenvalue weighted by molar-refractivity contribution is 0.243. The number of ether oxygens (including phenoxy) is 1. The molecule has 0 bridgehead atoms. The zero-order valence-corrected chi connectivity index (χ0v) is 12.8. The minimum Gasteiger partial charge on any atom is -0.491 e. The minimum absolute atomic E-state index is 0.143. The molecule has 0 unspecified atom stereocenters. The summed E-state index contributed by atoms with van der Waals surface area (Å²) in [5, 5.41) is 1.000. The summed E-state index contributed by atoms with van der Waals surface area (Å²) in [6.07, 6.45) is 0.143. The number of nitrogen functional groups attached to an aromatic ring is 1. The normalized spacial score (nSPS) is 11.4. The van der Waals surface area contributed by atoms with E-state index in [1.807, 2.05) is 39.0 Å². The molecule has 0 amide bonds. The van der Waals surface area contributed by atoms with Crippen LogP contribution in [0, 0.1) is 6.92 Å². The fraction of sp³-hybridized carbons (Fsp3) is 0.438. The predicted octanol–water partition coefficient (Wildman–Crippen LogP) is 3.74. The van der Waals surface area contributed by atoms with Gasteiger partial charge in [-0.3, -0.25) is 10.8 Å². The molecule has 0 atom stereocenters. The van der Waals surface area contributed by atoms with Gasteiger partial charge < -0.3 is 10.2 Å². The molecule has 3 N–H and O–H groups in total. The Labute approximate surface area is 120 Å². The number of aromatic nitrogens is 1. The molecule has 1 aromatic heterocycles. The van der Waals surface area contributed by atoms with E-state index >= 15 is 0 Å². The number of aryl methyl sites for hydroxylation is 1. The first-order chi connectivity index (χ1) is 9.43. The summed E-state index contributed by atoms with van der Waals surface area (Å²) in [4.78, 5) is 4.67. The molecule has 0 saturated carbocycles. The van der Waals surface area contributed by atoms with Gasteiger partial charge in [-0.1, -0.05) is 13.8 Å². The Bertz CT molecular complexity index is 621. The summed E-state index contributed by atoms with van der Waals surface area (Å²) in [6.45, 7) is 10.3. The van der Waals surface area contributed by atoms with E-state index in [9.17, 15) is 0 Å². The van der Waals surface area contributed by atoms with Gasteiger partial charge in [0.15, 0.2) is 0 Å². The Morgan fingerprint density at radius 2 is 1.90 bits per heavy atom. The Balaban J connectivity index is 2.68. The van der Waals surface area contributed by atoms with Crippen LogP contribution in [0.1, 0.15) is 44.9 Å². The van der Waals surface area contributed by atoms with Gasteiger partial charge in [0.05, 0.1) is 17.3 Å². The summed E-state index contributed by atoms with van der Waals surface area (Å²) < 4.78 is 5.76. The number of nitrogens with two attached hydrogens (primary N) is 1. The van der Waals surface area contributed by atoms with Gasteiger partial charge in [-0.15, -0.1) is 0 Å². The van der Waals surface area contributed by atoms with Gasteiger partial charge in [-0.2, -0.15) is 0 Å². The van der Waals surface area contributed by atoms with E-state index in [4.69, 9.17) is 10.6 Å². The molecule has 0 fully saturated rings. The van der Waals surface area contributed by atoms with E-state index in [1.54, 1.807) is 0 Å². The topological polar surface area (TPSA) is 60.2 Å².